The van der Waals surface area contributed by atoms with Crippen molar-refractivity contribution in [1.82, 2.24) is 0 Å². The van der Waals surface area contributed by atoms with E-state index in [0.717, 1.165) is 15.1 Å². The van der Waals surface area contributed by atoms with Crippen LogP contribution in [0.25, 0.3) is 0 Å². The summed E-state index contributed by atoms with van der Waals surface area (Å²) in [5, 5.41) is 1.99. The molecule has 1 aromatic carbocycles. The Morgan fingerprint density at radius 3 is 2.12 bits per heavy atom. The van der Waals surface area contributed by atoms with Crippen LogP contribution in [-0.2, 0) is 5.41 Å². The first kappa shape index (κ1) is 15.1. The van der Waals surface area contributed by atoms with Gasteiger partial charge in [-0.3, -0.25) is 0 Å². The minimum atomic E-state index is 0.212. The second kappa shape index (κ2) is 7.45. The summed E-state index contributed by atoms with van der Waals surface area (Å²) in [5.41, 5.74) is 1.61. The van der Waals surface area contributed by atoms with Gasteiger partial charge in [-0.1, -0.05) is 59.9 Å². The highest BCUT2D eigenvalue weighted by Crippen LogP contribution is 2.34. The van der Waals surface area contributed by atoms with Crippen molar-refractivity contribution >= 4 is 59.6 Å². The smallest absolute Gasteiger partial charge is 0.0175 e. The molecule has 1 rings (SSSR count). The Labute approximate surface area is 127 Å². The van der Waals surface area contributed by atoms with Crippen molar-refractivity contribution in [2.24, 2.45) is 0 Å². The maximum atomic E-state index is 3.67. The molecule has 0 aliphatic carbocycles. The van der Waals surface area contributed by atoms with E-state index in [1.165, 1.54) is 17.7 Å². The van der Waals surface area contributed by atoms with Crippen molar-refractivity contribution < 1.29 is 0 Å². The van der Waals surface area contributed by atoms with Gasteiger partial charge in [0, 0.05) is 20.5 Å². The third kappa shape index (κ3) is 3.76. The lowest BCUT2D eigenvalue weighted by molar-refractivity contribution is 0.539. The van der Waals surface area contributed by atoms with Crippen molar-refractivity contribution in [3.05, 3.63) is 34.3 Å². The molecule has 0 nitrogen and oxygen atoms in total. The highest BCUT2D eigenvalue weighted by Gasteiger charge is 2.29. The van der Waals surface area contributed by atoms with E-state index < -0.39 is 0 Å². The van der Waals surface area contributed by atoms with Gasteiger partial charge in [-0.05, 0) is 36.1 Å². The second-order valence-corrected chi connectivity index (χ2v) is 6.82. The number of halogens is 3. The molecular formula is C12H15Br3S. The topological polar surface area (TPSA) is 0 Å². The third-order valence-electron chi connectivity index (χ3n) is 2.75. The fourth-order valence-electron chi connectivity index (χ4n) is 1.57. The molecule has 90 valence electrons. The van der Waals surface area contributed by atoms with Gasteiger partial charge in [-0.2, -0.15) is 11.8 Å². The van der Waals surface area contributed by atoms with Crippen LogP contribution in [0.4, 0.5) is 0 Å². The average Bonchev–Trinajstić information content (AvgIpc) is 2.33. The summed E-state index contributed by atoms with van der Waals surface area (Å²) in [6.07, 6.45) is 3.35. The van der Waals surface area contributed by atoms with Gasteiger partial charge in [-0.25, -0.2) is 0 Å². The quantitative estimate of drug-likeness (QED) is 0.557. The van der Waals surface area contributed by atoms with E-state index in [4.69, 9.17) is 0 Å². The molecule has 0 aliphatic rings. The number of hydrogen-bond acceptors (Lipinski definition) is 1. The molecule has 0 amide bonds. The fraction of sp³-hybridized carbons (Fsp3) is 0.500. The van der Waals surface area contributed by atoms with E-state index in [1.54, 1.807) is 0 Å². The molecular weight excluding hydrogens is 416 g/mol. The number of rotatable bonds is 6. The molecule has 0 unspecified atom stereocenters. The lowest BCUT2D eigenvalue weighted by Gasteiger charge is -2.30. The fourth-order valence-corrected chi connectivity index (χ4v) is 4.56. The summed E-state index contributed by atoms with van der Waals surface area (Å²) >= 11 is 12.7. The van der Waals surface area contributed by atoms with E-state index in [-0.39, 0.29) is 5.41 Å². The number of alkyl halides is 2. The Kier molecular flexibility index (Phi) is 7.01. The van der Waals surface area contributed by atoms with Crippen LogP contribution >= 0.6 is 59.6 Å². The van der Waals surface area contributed by atoms with Crippen LogP contribution in [0.15, 0.2) is 28.7 Å². The van der Waals surface area contributed by atoms with Gasteiger partial charge in [0.25, 0.3) is 0 Å². The molecule has 0 aliphatic heterocycles. The maximum Gasteiger partial charge on any atom is 0.0175 e. The Morgan fingerprint density at radius 2 is 1.69 bits per heavy atom. The predicted octanol–water partition coefficient (Wildman–Crippen LogP) is 5.23. The zero-order valence-corrected chi connectivity index (χ0v) is 14.8. The molecule has 4 heteroatoms. The lowest BCUT2D eigenvalue weighted by atomic mass is 9.82. The summed E-state index contributed by atoms with van der Waals surface area (Å²) in [6.45, 7) is 0. The monoisotopic (exact) mass is 428 g/mol. The molecule has 0 heterocycles. The normalized spacial score (nSPS) is 11.8. The van der Waals surface area contributed by atoms with Crippen LogP contribution in [0.5, 0.6) is 0 Å². The van der Waals surface area contributed by atoms with Crippen molar-refractivity contribution in [2.75, 3.05) is 22.7 Å². The van der Waals surface area contributed by atoms with E-state index in [2.05, 4.69) is 78.3 Å². The standard InChI is InChI=1S/C12H15Br3S/c1-16-7-6-12(8-13,9-14)10-2-4-11(15)5-3-10/h2-5H,6-9H2,1H3. The molecule has 0 spiro atoms. The molecule has 0 bridgehead atoms. The highest BCUT2D eigenvalue weighted by molar-refractivity contribution is 9.10. The number of hydrogen-bond donors (Lipinski definition) is 0. The van der Waals surface area contributed by atoms with Gasteiger partial charge < -0.3 is 0 Å². The van der Waals surface area contributed by atoms with Gasteiger partial charge in [0.05, 0.1) is 0 Å². The van der Waals surface area contributed by atoms with Gasteiger partial charge in [0.1, 0.15) is 0 Å². The van der Waals surface area contributed by atoms with Gasteiger partial charge in [-0.15, -0.1) is 0 Å². The molecule has 16 heavy (non-hydrogen) atoms. The first-order chi connectivity index (χ1) is 7.68. The van der Waals surface area contributed by atoms with Crippen LogP contribution in [0, 0.1) is 0 Å². The van der Waals surface area contributed by atoms with Gasteiger partial charge >= 0.3 is 0 Å². The summed E-state index contributed by atoms with van der Waals surface area (Å²) in [6, 6.07) is 8.67. The van der Waals surface area contributed by atoms with E-state index in [9.17, 15) is 0 Å². The molecule has 1 aromatic rings. The molecule has 0 aromatic heterocycles. The molecule has 0 saturated heterocycles. The number of thioether (sulfide) groups is 1. The Bertz CT molecular complexity index is 307. The number of benzene rings is 1. The van der Waals surface area contributed by atoms with Crippen molar-refractivity contribution in [3.8, 4) is 0 Å². The molecule has 0 N–H and O–H groups in total. The SMILES string of the molecule is CSCCC(CBr)(CBr)c1ccc(Br)cc1. The lowest BCUT2D eigenvalue weighted by Crippen LogP contribution is -2.31. The molecule has 0 saturated carbocycles. The highest BCUT2D eigenvalue weighted by atomic mass is 79.9. The summed E-state index contributed by atoms with van der Waals surface area (Å²) in [7, 11) is 0. The summed E-state index contributed by atoms with van der Waals surface area (Å²) in [4.78, 5) is 0. The minimum absolute atomic E-state index is 0.212. The zero-order chi connectivity index (χ0) is 12.0. The van der Waals surface area contributed by atoms with Crippen molar-refractivity contribution in [3.63, 3.8) is 0 Å². The average molecular weight is 431 g/mol. The van der Waals surface area contributed by atoms with Gasteiger partial charge in [0.15, 0.2) is 0 Å². The van der Waals surface area contributed by atoms with Crippen LogP contribution < -0.4 is 0 Å². The maximum absolute atomic E-state index is 3.67. The Morgan fingerprint density at radius 1 is 1.12 bits per heavy atom. The largest absolute Gasteiger partial charge is 0.165 e. The molecule has 0 fully saturated rings. The Balaban J connectivity index is 2.95. The van der Waals surface area contributed by atoms with E-state index >= 15 is 0 Å². The molecule has 0 radical (unpaired) electrons. The second-order valence-electron chi connectivity index (χ2n) is 3.80. The van der Waals surface area contributed by atoms with Crippen LogP contribution in [0.2, 0.25) is 0 Å². The molecule has 0 atom stereocenters. The predicted molar refractivity (Wildman–Crippen MR) is 86.4 cm³/mol. The van der Waals surface area contributed by atoms with E-state index in [0.29, 0.717) is 0 Å². The van der Waals surface area contributed by atoms with Crippen molar-refractivity contribution in [1.29, 1.82) is 0 Å². The zero-order valence-electron chi connectivity index (χ0n) is 9.18. The van der Waals surface area contributed by atoms with E-state index in [1.807, 2.05) is 11.8 Å². The summed E-state index contributed by atoms with van der Waals surface area (Å²) in [5.74, 6) is 1.19. The van der Waals surface area contributed by atoms with Gasteiger partial charge in [0.2, 0.25) is 0 Å². The van der Waals surface area contributed by atoms with Crippen molar-refractivity contribution in [2.45, 2.75) is 11.8 Å². The first-order valence-corrected chi connectivity index (χ1v) is 9.48. The van der Waals surface area contributed by atoms with Crippen LogP contribution in [0.1, 0.15) is 12.0 Å². The Hall–Kier alpha value is 1.01. The first-order valence-electron chi connectivity index (χ1n) is 5.05. The van der Waals surface area contributed by atoms with Crippen LogP contribution in [-0.4, -0.2) is 22.7 Å². The minimum Gasteiger partial charge on any atom is -0.165 e. The third-order valence-corrected chi connectivity index (χ3v) is 6.04. The van der Waals surface area contributed by atoms with Crippen LogP contribution in [0.3, 0.4) is 0 Å². The summed E-state index contributed by atoms with van der Waals surface area (Å²) < 4.78 is 1.14.